The highest BCUT2D eigenvalue weighted by Crippen LogP contribution is 2.12. The average Bonchev–Trinajstić information content (AvgIpc) is 1.86. The number of hydrogen-bond donors (Lipinski definition) is 1. The van der Waals surface area contributed by atoms with E-state index >= 15 is 0 Å². The molecule has 0 aromatic heterocycles. The van der Waals surface area contributed by atoms with Crippen LogP contribution in [-0.2, 0) is 15.6 Å². The van der Waals surface area contributed by atoms with Gasteiger partial charge in [0, 0.05) is 16.6 Å². The van der Waals surface area contributed by atoms with E-state index in [9.17, 15) is 9.00 Å². The molecular weight excluding hydrogens is 152 g/mol. The number of rotatable bonds is 3. The number of aliphatic carboxylic acids is 1. The second-order valence-corrected chi connectivity index (χ2v) is 4.74. The van der Waals surface area contributed by atoms with Crippen LogP contribution >= 0.6 is 0 Å². The Morgan fingerprint density at radius 3 is 2.10 bits per heavy atom. The molecule has 0 aliphatic rings. The van der Waals surface area contributed by atoms with Crippen molar-refractivity contribution in [1.29, 1.82) is 0 Å². The van der Waals surface area contributed by atoms with Crippen molar-refractivity contribution in [2.75, 3.05) is 5.75 Å². The lowest BCUT2D eigenvalue weighted by molar-refractivity contribution is -0.139. The fourth-order valence-corrected chi connectivity index (χ4v) is 1.37. The Balaban J connectivity index is 4.40. The van der Waals surface area contributed by atoms with Crippen molar-refractivity contribution in [1.82, 2.24) is 0 Å². The molecule has 4 heteroatoms. The zero-order valence-corrected chi connectivity index (χ0v) is 7.20. The van der Waals surface area contributed by atoms with Gasteiger partial charge >= 0.3 is 5.97 Å². The predicted molar refractivity (Wildman–Crippen MR) is 40.4 cm³/mol. The Bertz CT molecular complexity index is 162. The van der Waals surface area contributed by atoms with E-state index in [-0.39, 0.29) is 0 Å². The first-order chi connectivity index (χ1) is 4.42. The Morgan fingerprint density at radius 1 is 1.60 bits per heavy atom. The number of carboxylic acid groups (broad SMARTS) is 1. The Hall–Kier alpha value is -0.380. The van der Waals surface area contributed by atoms with Gasteiger partial charge in [-0.25, -0.2) is 0 Å². The quantitative estimate of drug-likeness (QED) is 0.665. The highest BCUT2D eigenvalue weighted by atomic mass is 32.2. The molecule has 0 heterocycles. The Kier molecular flexibility index (Phi) is 3.02. The van der Waals surface area contributed by atoms with Crippen LogP contribution in [0, 0.1) is 0 Å². The molecule has 1 N–H and O–H groups in total. The summed E-state index contributed by atoms with van der Waals surface area (Å²) in [5.74, 6) is -0.619. The van der Waals surface area contributed by atoms with E-state index in [2.05, 4.69) is 0 Å². The molecular formula is C6H12O3S. The lowest BCUT2D eigenvalue weighted by Gasteiger charge is -2.16. The monoisotopic (exact) mass is 164 g/mol. The Morgan fingerprint density at radius 2 is 2.00 bits per heavy atom. The van der Waals surface area contributed by atoms with Crippen molar-refractivity contribution in [3.8, 4) is 0 Å². The number of hydrogen-bond acceptors (Lipinski definition) is 2. The molecule has 0 spiro atoms. The summed E-state index contributed by atoms with van der Waals surface area (Å²) in [4.78, 5) is 10.4. The van der Waals surface area contributed by atoms with Gasteiger partial charge in [-0.1, -0.05) is 6.92 Å². The lowest BCUT2D eigenvalue weighted by atomic mass is 10.2. The molecule has 60 valence electrons. The number of carboxylic acids is 1. The van der Waals surface area contributed by atoms with Crippen molar-refractivity contribution in [2.24, 2.45) is 0 Å². The van der Waals surface area contributed by atoms with Gasteiger partial charge in [0.2, 0.25) is 0 Å². The maximum Gasteiger partial charge on any atom is 0.321 e. The van der Waals surface area contributed by atoms with E-state index in [0.717, 1.165) is 0 Å². The fourth-order valence-electron chi connectivity index (χ4n) is 0.458. The first-order valence-electron chi connectivity index (χ1n) is 3.04. The van der Waals surface area contributed by atoms with Gasteiger partial charge in [0.15, 0.2) is 0 Å². The molecule has 0 fully saturated rings. The van der Waals surface area contributed by atoms with Crippen molar-refractivity contribution in [2.45, 2.75) is 25.5 Å². The maximum absolute atomic E-state index is 11.0. The molecule has 0 aliphatic heterocycles. The summed E-state index contributed by atoms with van der Waals surface area (Å²) in [5, 5.41) is 8.55. The first-order valence-corrected chi connectivity index (χ1v) is 4.36. The highest BCUT2D eigenvalue weighted by molar-refractivity contribution is 7.87. The van der Waals surface area contributed by atoms with Gasteiger partial charge in [-0.3, -0.25) is 9.00 Å². The molecule has 0 aromatic carbocycles. The lowest BCUT2D eigenvalue weighted by Crippen LogP contribution is -2.37. The summed E-state index contributed by atoms with van der Waals surface area (Å²) in [6, 6.07) is 0. The van der Waals surface area contributed by atoms with E-state index in [1.165, 1.54) is 13.8 Å². The van der Waals surface area contributed by atoms with E-state index in [1.54, 1.807) is 6.92 Å². The van der Waals surface area contributed by atoms with Crippen LogP contribution in [0.4, 0.5) is 0 Å². The molecule has 1 atom stereocenters. The minimum atomic E-state index is -1.27. The summed E-state index contributed by atoms with van der Waals surface area (Å²) < 4.78 is 9.90. The zero-order chi connectivity index (χ0) is 8.36. The number of carbonyl (C=O) groups is 1. The molecule has 0 radical (unpaired) electrons. The molecule has 0 saturated carbocycles. The van der Waals surface area contributed by atoms with Crippen LogP contribution < -0.4 is 0 Å². The van der Waals surface area contributed by atoms with Crippen LogP contribution in [-0.4, -0.2) is 25.8 Å². The van der Waals surface area contributed by atoms with E-state index in [4.69, 9.17) is 5.11 Å². The van der Waals surface area contributed by atoms with Crippen LogP contribution in [0.15, 0.2) is 0 Å². The third kappa shape index (κ3) is 1.80. The average molecular weight is 164 g/mol. The Labute approximate surface area is 62.9 Å². The van der Waals surface area contributed by atoms with Crippen molar-refractivity contribution < 1.29 is 14.1 Å². The van der Waals surface area contributed by atoms with E-state index in [1.807, 2.05) is 0 Å². The molecule has 0 bridgehead atoms. The van der Waals surface area contributed by atoms with Crippen LogP contribution in [0.25, 0.3) is 0 Å². The molecule has 0 aromatic rings. The summed E-state index contributed by atoms with van der Waals surface area (Å²) in [6.07, 6.45) is 0. The highest BCUT2D eigenvalue weighted by Gasteiger charge is 2.32. The summed E-state index contributed by atoms with van der Waals surface area (Å²) in [5.41, 5.74) is 0. The molecule has 3 nitrogen and oxygen atoms in total. The van der Waals surface area contributed by atoms with Gasteiger partial charge in [-0.15, -0.1) is 0 Å². The SMILES string of the molecule is CCS(=O)C(C)(C)C(=O)O. The minimum absolute atomic E-state index is 0.388. The first kappa shape index (κ1) is 9.62. The van der Waals surface area contributed by atoms with Gasteiger partial charge in [-0.05, 0) is 13.8 Å². The molecule has 1 unspecified atom stereocenters. The topological polar surface area (TPSA) is 54.4 Å². The summed E-state index contributed by atoms with van der Waals surface area (Å²) >= 11 is 0. The second-order valence-electron chi connectivity index (χ2n) is 2.45. The van der Waals surface area contributed by atoms with Gasteiger partial charge in [0.25, 0.3) is 0 Å². The van der Waals surface area contributed by atoms with Crippen molar-refractivity contribution in [3.63, 3.8) is 0 Å². The smallest absolute Gasteiger partial charge is 0.321 e. The van der Waals surface area contributed by atoms with E-state index < -0.39 is 21.5 Å². The normalized spacial score (nSPS) is 14.7. The summed E-state index contributed by atoms with van der Waals surface area (Å²) in [7, 11) is -1.27. The summed E-state index contributed by atoms with van der Waals surface area (Å²) in [6.45, 7) is 4.64. The molecule has 10 heavy (non-hydrogen) atoms. The van der Waals surface area contributed by atoms with Gasteiger partial charge in [-0.2, -0.15) is 0 Å². The van der Waals surface area contributed by atoms with Gasteiger partial charge in [0.1, 0.15) is 4.75 Å². The molecule has 0 saturated heterocycles. The van der Waals surface area contributed by atoms with Crippen LogP contribution in [0.2, 0.25) is 0 Å². The minimum Gasteiger partial charge on any atom is -0.480 e. The predicted octanol–water partition coefficient (Wildman–Crippen LogP) is 0.618. The van der Waals surface area contributed by atoms with Crippen LogP contribution in [0.5, 0.6) is 0 Å². The third-order valence-corrected chi connectivity index (χ3v) is 3.18. The second kappa shape index (κ2) is 3.14. The maximum atomic E-state index is 11.0. The molecule has 0 aliphatic carbocycles. The van der Waals surface area contributed by atoms with Crippen molar-refractivity contribution >= 4 is 16.8 Å². The van der Waals surface area contributed by atoms with Crippen LogP contribution in [0.3, 0.4) is 0 Å². The van der Waals surface area contributed by atoms with Crippen molar-refractivity contribution in [3.05, 3.63) is 0 Å². The van der Waals surface area contributed by atoms with Gasteiger partial charge in [0.05, 0.1) is 0 Å². The molecule has 0 amide bonds. The molecule has 0 rings (SSSR count). The largest absolute Gasteiger partial charge is 0.480 e. The fraction of sp³-hybridized carbons (Fsp3) is 0.833. The van der Waals surface area contributed by atoms with E-state index in [0.29, 0.717) is 5.75 Å². The zero-order valence-electron chi connectivity index (χ0n) is 6.38. The van der Waals surface area contributed by atoms with Gasteiger partial charge < -0.3 is 5.11 Å². The standard InChI is InChI=1S/C6H12O3S/c1-4-10(9)6(2,3)5(7)8/h4H2,1-3H3,(H,7,8). The van der Waals surface area contributed by atoms with Crippen LogP contribution in [0.1, 0.15) is 20.8 Å². The third-order valence-electron chi connectivity index (χ3n) is 1.35.